The van der Waals surface area contributed by atoms with Crippen LogP contribution in [-0.2, 0) is 13.0 Å². The van der Waals surface area contributed by atoms with Crippen molar-refractivity contribution in [2.24, 2.45) is 5.92 Å². The van der Waals surface area contributed by atoms with Crippen LogP contribution >= 0.6 is 0 Å². The maximum atomic E-state index is 8.92. The van der Waals surface area contributed by atoms with Crippen molar-refractivity contribution in [1.29, 1.82) is 0 Å². The first-order chi connectivity index (χ1) is 8.15. The molecule has 0 aliphatic heterocycles. The molecular formula is C14H23NO2. The maximum Gasteiger partial charge on any atom is 0.0607 e. The van der Waals surface area contributed by atoms with Gasteiger partial charge in [0.15, 0.2) is 0 Å². The van der Waals surface area contributed by atoms with E-state index in [2.05, 4.69) is 43.4 Å². The molecule has 0 spiro atoms. The van der Waals surface area contributed by atoms with Crippen LogP contribution in [0.1, 0.15) is 25.0 Å². The van der Waals surface area contributed by atoms with Crippen LogP contribution in [-0.4, -0.2) is 29.5 Å². The Morgan fingerprint density at radius 2 is 1.53 bits per heavy atom. The van der Waals surface area contributed by atoms with Gasteiger partial charge in [0.2, 0.25) is 0 Å². The summed E-state index contributed by atoms with van der Waals surface area (Å²) in [6.45, 7) is 5.02. The lowest BCUT2D eigenvalue weighted by Crippen LogP contribution is -2.35. The molecule has 0 aliphatic carbocycles. The predicted octanol–water partition coefficient (Wildman–Crippen LogP) is 1.33. The minimum atomic E-state index is -0.231. The quantitative estimate of drug-likeness (QED) is 0.670. The Labute approximate surface area is 103 Å². The molecular weight excluding hydrogens is 214 g/mol. The van der Waals surface area contributed by atoms with E-state index in [1.165, 1.54) is 11.1 Å². The first kappa shape index (κ1) is 14.2. The highest BCUT2D eigenvalue weighted by Crippen LogP contribution is 2.09. The number of hydrogen-bond donors (Lipinski definition) is 3. The van der Waals surface area contributed by atoms with Gasteiger partial charge in [-0.1, -0.05) is 38.1 Å². The second-order valence-electron chi connectivity index (χ2n) is 4.86. The molecule has 0 heterocycles. The smallest absolute Gasteiger partial charge is 0.0607 e. The molecule has 3 nitrogen and oxygen atoms in total. The van der Waals surface area contributed by atoms with Crippen molar-refractivity contribution in [2.75, 3.05) is 13.2 Å². The Kier molecular flexibility index (Phi) is 6.19. The zero-order chi connectivity index (χ0) is 12.7. The molecule has 0 fully saturated rings. The number of hydrogen-bond acceptors (Lipinski definition) is 3. The lowest BCUT2D eigenvalue weighted by molar-refractivity contribution is 0.170. The summed E-state index contributed by atoms with van der Waals surface area (Å²) in [7, 11) is 0. The SMILES string of the molecule is CC(C)Cc1ccc(CNC(CO)CO)cc1. The lowest BCUT2D eigenvalue weighted by Gasteiger charge is -2.13. The normalized spacial score (nSPS) is 11.4. The molecule has 1 aromatic rings. The van der Waals surface area contributed by atoms with Gasteiger partial charge < -0.3 is 15.5 Å². The average Bonchev–Trinajstić information content (AvgIpc) is 2.32. The molecule has 0 aliphatic rings. The van der Waals surface area contributed by atoms with Crippen molar-refractivity contribution in [3.05, 3.63) is 35.4 Å². The summed E-state index contributed by atoms with van der Waals surface area (Å²) >= 11 is 0. The van der Waals surface area contributed by atoms with E-state index in [0.717, 1.165) is 6.42 Å². The predicted molar refractivity (Wildman–Crippen MR) is 69.8 cm³/mol. The van der Waals surface area contributed by atoms with Crippen LogP contribution in [0.2, 0.25) is 0 Å². The second-order valence-corrected chi connectivity index (χ2v) is 4.86. The van der Waals surface area contributed by atoms with E-state index in [-0.39, 0.29) is 19.3 Å². The Bertz CT molecular complexity index is 305. The fraction of sp³-hybridized carbons (Fsp3) is 0.571. The van der Waals surface area contributed by atoms with Crippen molar-refractivity contribution in [2.45, 2.75) is 32.9 Å². The van der Waals surface area contributed by atoms with E-state index in [1.54, 1.807) is 0 Å². The molecule has 17 heavy (non-hydrogen) atoms. The maximum absolute atomic E-state index is 8.92. The number of aliphatic hydroxyl groups excluding tert-OH is 2. The van der Waals surface area contributed by atoms with Crippen LogP contribution < -0.4 is 5.32 Å². The van der Waals surface area contributed by atoms with Gasteiger partial charge in [0, 0.05) is 6.54 Å². The van der Waals surface area contributed by atoms with Crippen LogP contribution in [0.3, 0.4) is 0 Å². The molecule has 1 rings (SSSR count). The van der Waals surface area contributed by atoms with Gasteiger partial charge in [-0.2, -0.15) is 0 Å². The summed E-state index contributed by atoms with van der Waals surface area (Å²) in [4.78, 5) is 0. The van der Waals surface area contributed by atoms with Crippen LogP contribution in [0.5, 0.6) is 0 Å². The second kappa shape index (κ2) is 7.43. The summed E-state index contributed by atoms with van der Waals surface area (Å²) in [5.41, 5.74) is 2.52. The molecule has 0 bridgehead atoms. The molecule has 0 saturated heterocycles. The van der Waals surface area contributed by atoms with Crippen LogP contribution in [0.15, 0.2) is 24.3 Å². The molecule has 1 aromatic carbocycles. The Morgan fingerprint density at radius 3 is 2.00 bits per heavy atom. The Morgan fingerprint density at radius 1 is 1.00 bits per heavy atom. The number of aliphatic hydroxyl groups is 2. The molecule has 0 amide bonds. The number of benzene rings is 1. The van der Waals surface area contributed by atoms with Gasteiger partial charge in [-0.15, -0.1) is 0 Å². The topological polar surface area (TPSA) is 52.5 Å². The molecule has 0 atom stereocenters. The lowest BCUT2D eigenvalue weighted by atomic mass is 10.0. The van der Waals surface area contributed by atoms with E-state index >= 15 is 0 Å². The van der Waals surface area contributed by atoms with Gasteiger partial charge in [0.25, 0.3) is 0 Å². The molecule has 0 aromatic heterocycles. The van der Waals surface area contributed by atoms with Crippen molar-refractivity contribution in [1.82, 2.24) is 5.32 Å². The minimum absolute atomic E-state index is 0.0397. The zero-order valence-corrected chi connectivity index (χ0v) is 10.7. The molecule has 0 radical (unpaired) electrons. The van der Waals surface area contributed by atoms with Gasteiger partial charge in [-0.25, -0.2) is 0 Å². The summed E-state index contributed by atoms with van der Waals surface area (Å²) in [5, 5.41) is 20.9. The van der Waals surface area contributed by atoms with Crippen LogP contribution in [0, 0.1) is 5.92 Å². The van der Waals surface area contributed by atoms with Crippen molar-refractivity contribution in [3.63, 3.8) is 0 Å². The average molecular weight is 237 g/mol. The fourth-order valence-electron chi connectivity index (χ4n) is 1.71. The van der Waals surface area contributed by atoms with Crippen molar-refractivity contribution < 1.29 is 10.2 Å². The molecule has 0 unspecified atom stereocenters. The van der Waals surface area contributed by atoms with E-state index in [9.17, 15) is 0 Å². The van der Waals surface area contributed by atoms with Gasteiger partial charge in [-0.05, 0) is 23.5 Å². The third kappa shape index (κ3) is 5.31. The number of rotatable bonds is 7. The summed E-state index contributed by atoms with van der Waals surface area (Å²) in [5.74, 6) is 0.673. The fourth-order valence-corrected chi connectivity index (χ4v) is 1.71. The van der Waals surface area contributed by atoms with Crippen molar-refractivity contribution in [3.8, 4) is 0 Å². The van der Waals surface area contributed by atoms with E-state index < -0.39 is 0 Å². The molecule has 3 N–H and O–H groups in total. The number of nitrogens with one attached hydrogen (secondary N) is 1. The Balaban J connectivity index is 2.45. The first-order valence-electron chi connectivity index (χ1n) is 6.18. The Hall–Kier alpha value is -0.900. The largest absolute Gasteiger partial charge is 0.395 e. The van der Waals surface area contributed by atoms with Crippen molar-refractivity contribution >= 4 is 0 Å². The minimum Gasteiger partial charge on any atom is -0.395 e. The van der Waals surface area contributed by atoms with E-state index in [0.29, 0.717) is 12.5 Å². The third-order valence-electron chi connectivity index (χ3n) is 2.70. The van der Waals surface area contributed by atoms with Gasteiger partial charge in [-0.3, -0.25) is 0 Å². The monoisotopic (exact) mass is 237 g/mol. The van der Waals surface area contributed by atoms with E-state index in [4.69, 9.17) is 10.2 Å². The summed E-state index contributed by atoms with van der Waals surface area (Å²) < 4.78 is 0. The standard InChI is InChI=1S/C14H23NO2/c1-11(2)7-12-3-5-13(6-4-12)8-15-14(9-16)10-17/h3-6,11,14-17H,7-10H2,1-2H3. The third-order valence-corrected chi connectivity index (χ3v) is 2.70. The first-order valence-corrected chi connectivity index (χ1v) is 6.18. The molecule has 3 heteroatoms. The highest BCUT2D eigenvalue weighted by molar-refractivity contribution is 5.22. The molecule has 96 valence electrons. The zero-order valence-electron chi connectivity index (χ0n) is 10.7. The van der Waals surface area contributed by atoms with Gasteiger partial charge >= 0.3 is 0 Å². The van der Waals surface area contributed by atoms with Crippen LogP contribution in [0.25, 0.3) is 0 Å². The highest BCUT2D eigenvalue weighted by Gasteiger charge is 2.04. The summed E-state index contributed by atoms with van der Waals surface area (Å²) in [6, 6.07) is 8.24. The van der Waals surface area contributed by atoms with Gasteiger partial charge in [0.05, 0.1) is 19.3 Å². The molecule has 0 saturated carbocycles. The summed E-state index contributed by atoms with van der Waals surface area (Å²) in [6.07, 6.45) is 1.10. The van der Waals surface area contributed by atoms with Gasteiger partial charge in [0.1, 0.15) is 0 Å². The van der Waals surface area contributed by atoms with Crippen LogP contribution in [0.4, 0.5) is 0 Å². The van der Waals surface area contributed by atoms with E-state index in [1.807, 2.05) is 0 Å². The highest BCUT2D eigenvalue weighted by atomic mass is 16.3.